The average Bonchev–Trinajstić information content (AvgIpc) is 2.01. The predicted molar refractivity (Wildman–Crippen MR) is 54.3 cm³/mol. The largest absolute Gasteiger partial charge is 1.00 e. The minimum Gasteiger partial charge on any atom is -0.445 e. The van der Waals surface area contributed by atoms with Gasteiger partial charge in [-0.05, 0) is 11.5 Å². The summed E-state index contributed by atoms with van der Waals surface area (Å²) in [6, 6.07) is 3.52. The summed E-state index contributed by atoms with van der Waals surface area (Å²) < 4.78 is 36.9. The molecule has 0 nitrogen and oxygen atoms in total. The number of hydrogen-bond acceptors (Lipinski definition) is 0. The van der Waals surface area contributed by atoms with Gasteiger partial charge in [-0.2, -0.15) is 0 Å². The zero-order chi connectivity index (χ0) is 10.9. The first-order valence-electron chi connectivity index (χ1n) is 4.31. The van der Waals surface area contributed by atoms with Crippen LogP contribution in [0.2, 0.25) is 5.02 Å². The van der Waals surface area contributed by atoms with E-state index < -0.39 is 12.4 Å². The van der Waals surface area contributed by atoms with Gasteiger partial charge in [0.05, 0.1) is 0 Å². The van der Waals surface area contributed by atoms with Gasteiger partial charge in [0.1, 0.15) is 0 Å². The van der Waals surface area contributed by atoms with Gasteiger partial charge in [0.25, 0.3) is 0 Å². The van der Waals surface area contributed by atoms with Gasteiger partial charge >= 0.3 is 58.4 Å². The van der Waals surface area contributed by atoms with Gasteiger partial charge in [-0.3, -0.25) is 0 Å². The quantitative estimate of drug-likeness (QED) is 0.680. The summed E-state index contributed by atoms with van der Waals surface area (Å²) in [5.41, 5.74) is 0.106. The van der Waals surface area contributed by atoms with Crippen molar-refractivity contribution in [2.24, 2.45) is 0 Å². The molecule has 1 rings (SSSR count). The van der Waals surface area contributed by atoms with Crippen molar-refractivity contribution in [1.29, 1.82) is 0 Å². The van der Waals surface area contributed by atoms with Gasteiger partial charge in [-0.25, -0.2) is 0 Å². The first kappa shape index (κ1) is 16.0. The molecule has 1 aromatic carbocycles. The summed E-state index contributed by atoms with van der Waals surface area (Å²) in [4.78, 5) is 0. The van der Waals surface area contributed by atoms with Gasteiger partial charge in [0.15, 0.2) is 0 Å². The maximum Gasteiger partial charge on any atom is 1.00 e. The van der Waals surface area contributed by atoms with Crippen LogP contribution in [0.3, 0.4) is 0 Å². The number of halogens is 4. The normalized spacial score (nSPS) is 11.4. The molecular weight excluding hydrogens is 250 g/mol. The number of rotatable bonds is 2. The predicted octanol–water partition coefficient (Wildman–Crippen LogP) is 0.522. The molecular formula is C9H10BClF3K. The maximum atomic E-state index is 12.3. The summed E-state index contributed by atoms with van der Waals surface area (Å²) in [5, 5.41) is 0.191. The Balaban J connectivity index is 0.00000196. The molecule has 1 aromatic rings. The van der Waals surface area contributed by atoms with Crippen LogP contribution >= 0.6 is 11.6 Å². The van der Waals surface area contributed by atoms with Crippen molar-refractivity contribution in [3.05, 3.63) is 28.8 Å². The van der Waals surface area contributed by atoms with Crippen LogP contribution in [0, 0.1) is 0 Å². The molecule has 0 unspecified atom stereocenters. The van der Waals surface area contributed by atoms with Crippen LogP contribution in [-0.2, 0) is 0 Å². The Hall–Kier alpha value is 1.00. The third-order valence-corrected chi connectivity index (χ3v) is 2.35. The fourth-order valence-corrected chi connectivity index (χ4v) is 1.62. The van der Waals surface area contributed by atoms with E-state index in [4.69, 9.17) is 11.6 Å². The SMILES string of the molecule is CC(C)c1ccc([B-](F)(F)F)cc1Cl.[K+]. The molecule has 0 aliphatic rings. The van der Waals surface area contributed by atoms with Gasteiger partial charge in [-0.1, -0.05) is 43.6 Å². The molecule has 0 N–H and O–H groups in total. The molecule has 0 spiro atoms. The second kappa shape index (κ2) is 6.08. The molecule has 0 bridgehead atoms. The Morgan fingerprint density at radius 2 is 1.73 bits per heavy atom. The van der Waals surface area contributed by atoms with Gasteiger partial charge < -0.3 is 12.9 Å². The number of hydrogen-bond donors (Lipinski definition) is 0. The summed E-state index contributed by atoms with van der Waals surface area (Å²) in [5.74, 6) is 0.136. The van der Waals surface area contributed by atoms with Gasteiger partial charge in [0.2, 0.25) is 0 Å². The molecule has 0 atom stereocenters. The van der Waals surface area contributed by atoms with E-state index in [1.807, 2.05) is 13.8 Å². The van der Waals surface area contributed by atoms with Crippen molar-refractivity contribution in [3.63, 3.8) is 0 Å². The van der Waals surface area contributed by atoms with E-state index in [0.717, 1.165) is 17.7 Å². The molecule has 15 heavy (non-hydrogen) atoms. The Morgan fingerprint density at radius 1 is 1.20 bits per heavy atom. The van der Waals surface area contributed by atoms with Gasteiger partial charge in [0, 0.05) is 5.02 Å². The van der Waals surface area contributed by atoms with Crippen LogP contribution in [0.25, 0.3) is 0 Å². The van der Waals surface area contributed by atoms with E-state index in [1.165, 1.54) is 6.07 Å². The molecule has 0 heterocycles. The fraction of sp³-hybridized carbons (Fsp3) is 0.333. The first-order valence-corrected chi connectivity index (χ1v) is 4.69. The molecule has 0 radical (unpaired) electrons. The molecule has 0 fully saturated rings. The molecule has 0 saturated carbocycles. The molecule has 6 heteroatoms. The van der Waals surface area contributed by atoms with E-state index in [1.54, 1.807) is 0 Å². The Kier molecular flexibility index (Phi) is 6.48. The third-order valence-electron chi connectivity index (χ3n) is 2.02. The summed E-state index contributed by atoms with van der Waals surface area (Å²) >= 11 is 5.74. The van der Waals surface area contributed by atoms with Crippen molar-refractivity contribution < 1.29 is 64.3 Å². The van der Waals surface area contributed by atoms with Crippen molar-refractivity contribution in [3.8, 4) is 0 Å². The van der Waals surface area contributed by atoms with Crippen LogP contribution < -0.4 is 56.8 Å². The van der Waals surface area contributed by atoms with Crippen molar-refractivity contribution >= 4 is 24.0 Å². The minimum absolute atomic E-state index is 0. The smallest absolute Gasteiger partial charge is 0.445 e. The van der Waals surface area contributed by atoms with Crippen LogP contribution in [0.5, 0.6) is 0 Å². The van der Waals surface area contributed by atoms with Crippen LogP contribution in [-0.4, -0.2) is 6.98 Å². The van der Waals surface area contributed by atoms with Gasteiger partial charge in [-0.15, -0.1) is 5.46 Å². The molecule has 0 aliphatic carbocycles. The summed E-state index contributed by atoms with van der Waals surface area (Å²) in [6.45, 7) is -1.17. The standard InChI is InChI=1S/C9H10BClF3.K/c1-6(2)8-4-3-7(5-9(8)11)10(12,13)14;/h3-6H,1-2H3;/q-1;+1. The first-order chi connectivity index (χ1) is 6.32. The molecule has 0 aromatic heterocycles. The molecule has 78 valence electrons. The Labute approximate surface area is 135 Å². The van der Waals surface area contributed by atoms with Crippen LogP contribution in [0.4, 0.5) is 12.9 Å². The van der Waals surface area contributed by atoms with Crippen molar-refractivity contribution in [2.75, 3.05) is 0 Å². The second-order valence-corrected chi connectivity index (χ2v) is 3.92. The minimum atomic E-state index is -4.94. The molecule has 0 saturated heterocycles. The fourth-order valence-electron chi connectivity index (χ4n) is 1.22. The van der Waals surface area contributed by atoms with E-state index in [2.05, 4.69) is 0 Å². The zero-order valence-corrected chi connectivity index (χ0v) is 12.8. The Bertz CT molecular complexity index is 339. The Morgan fingerprint density at radius 3 is 2.07 bits per heavy atom. The molecule has 0 aliphatic heterocycles. The summed E-state index contributed by atoms with van der Waals surface area (Å²) in [6.07, 6.45) is 0. The van der Waals surface area contributed by atoms with Crippen LogP contribution in [0.15, 0.2) is 18.2 Å². The van der Waals surface area contributed by atoms with E-state index in [0.29, 0.717) is 0 Å². The van der Waals surface area contributed by atoms with E-state index in [-0.39, 0.29) is 62.3 Å². The van der Waals surface area contributed by atoms with Crippen molar-refractivity contribution in [1.82, 2.24) is 0 Å². The molecule has 0 amide bonds. The maximum absolute atomic E-state index is 12.3. The zero-order valence-electron chi connectivity index (χ0n) is 8.90. The third kappa shape index (κ3) is 4.40. The monoisotopic (exact) mass is 260 g/mol. The van der Waals surface area contributed by atoms with E-state index in [9.17, 15) is 12.9 Å². The van der Waals surface area contributed by atoms with Crippen LogP contribution in [0.1, 0.15) is 25.3 Å². The second-order valence-electron chi connectivity index (χ2n) is 3.51. The topological polar surface area (TPSA) is 0 Å². The summed E-state index contributed by atoms with van der Waals surface area (Å²) in [7, 11) is 0. The number of benzene rings is 1. The van der Waals surface area contributed by atoms with E-state index >= 15 is 0 Å². The van der Waals surface area contributed by atoms with Crippen molar-refractivity contribution in [2.45, 2.75) is 19.8 Å². The average molecular weight is 261 g/mol.